The molecule has 0 radical (unpaired) electrons. The average Bonchev–Trinajstić information content (AvgIpc) is 2.33. The number of benzene rings is 1. The van der Waals surface area contributed by atoms with Crippen molar-refractivity contribution in [2.24, 2.45) is 0 Å². The Morgan fingerprint density at radius 3 is 2.76 bits per heavy atom. The second-order valence-electron chi connectivity index (χ2n) is 3.97. The van der Waals surface area contributed by atoms with Gasteiger partial charge in [0.25, 0.3) is 0 Å². The van der Waals surface area contributed by atoms with E-state index in [0.717, 1.165) is 5.56 Å². The van der Waals surface area contributed by atoms with E-state index in [2.05, 4.69) is 5.32 Å². The first-order chi connectivity index (χ1) is 8.18. The number of carbonyl (C=O) groups is 2. The van der Waals surface area contributed by atoms with Crippen LogP contribution in [0.4, 0.5) is 4.79 Å². The molecule has 1 atom stereocenters. The highest BCUT2D eigenvalue weighted by Crippen LogP contribution is 2.12. The molecule has 1 fully saturated rings. The summed E-state index contributed by atoms with van der Waals surface area (Å²) < 4.78 is 0. The molecule has 0 bridgehead atoms. The third-order valence-corrected chi connectivity index (χ3v) is 2.85. The molecule has 1 unspecified atom stereocenters. The fourth-order valence-corrected chi connectivity index (χ4v) is 1.98. The quantitative estimate of drug-likeness (QED) is 0.791. The Morgan fingerprint density at radius 1 is 1.41 bits per heavy atom. The minimum atomic E-state index is -1.04. The molecular weight excluding hydrogens is 220 g/mol. The van der Waals surface area contributed by atoms with Gasteiger partial charge in [-0.1, -0.05) is 30.3 Å². The third-order valence-electron chi connectivity index (χ3n) is 2.85. The number of piperazine rings is 1. The van der Waals surface area contributed by atoms with E-state index in [1.807, 2.05) is 30.3 Å². The molecular formula is C12H14N2O3. The largest absolute Gasteiger partial charge is 0.465 e. The summed E-state index contributed by atoms with van der Waals surface area (Å²) in [4.78, 5) is 23.9. The lowest BCUT2D eigenvalue weighted by Gasteiger charge is -2.32. The summed E-state index contributed by atoms with van der Waals surface area (Å²) >= 11 is 0. The Hall–Kier alpha value is -2.04. The first-order valence-corrected chi connectivity index (χ1v) is 5.49. The first-order valence-electron chi connectivity index (χ1n) is 5.49. The number of amides is 2. The molecule has 17 heavy (non-hydrogen) atoms. The standard InChI is InChI=1S/C12H14N2O3/c15-11-10(8-9-4-2-1-3-5-9)14(12(16)17)7-6-13-11/h1-5,10H,6-8H2,(H,13,15)(H,16,17). The van der Waals surface area contributed by atoms with Crippen molar-refractivity contribution in [1.82, 2.24) is 10.2 Å². The van der Waals surface area contributed by atoms with E-state index in [-0.39, 0.29) is 5.91 Å². The van der Waals surface area contributed by atoms with E-state index < -0.39 is 12.1 Å². The maximum absolute atomic E-state index is 11.7. The zero-order valence-corrected chi connectivity index (χ0v) is 9.30. The van der Waals surface area contributed by atoms with Gasteiger partial charge in [-0.05, 0) is 5.56 Å². The number of carbonyl (C=O) groups excluding carboxylic acids is 1. The second kappa shape index (κ2) is 4.86. The normalized spacial score (nSPS) is 19.9. The Bertz CT molecular complexity index is 419. The van der Waals surface area contributed by atoms with Crippen molar-refractivity contribution in [3.8, 4) is 0 Å². The first kappa shape index (κ1) is 11.4. The fourth-order valence-electron chi connectivity index (χ4n) is 1.98. The highest BCUT2D eigenvalue weighted by atomic mass is 16.4. The summed E-state index contributed by atoms with van der Waals surface area (Å²) in [5.41, 5.74) is 0.959. The average molecular weight is 234 g/mol. The zero-order chi connectivity index (χ0) is 12.3. The van der Waals surface area contributed by atoms with E-state index in [1.165, 1.54) is 4.90 Å². The Labute approximate surface area is 99.0 Å². The minimum absolute atomic E-state index is 0.220. The molecule has 5 nitrogen and oxygen atoms in total. The van der Waals surface area contributed by atoms with E-state index in [9.17, 15) is 9.59 Å². The lowest BCUT2D eigenvalue weighted by atomic mass is 10.0. The van der Waals surface area contributed by atoms with Gasteiger partial charge in [-0.15, -0.1) is 0 Å². The second-order valence-corrected chi connectivity index (χ2v) is 3.97. The van der Waals surface area contributed by atoms with Crippen molar-refractivity contribution in [2.45, 2.75) is 12.5 Å². The molecule has 2 N–H and O–H groups in total. The van der Waals surface area contributed by atoms with E-state index in [4.69, 9.17) is 5.11 Å². The number of nitrogens with one attached hydrogen (secondary N) is 1. The number of nitrogens with zero attached hydrogens (tertiary/aromatic N) is 1. The molecule has 1 aliphatic rings. The van der Waals surface area contributed by atoms with Crippen LogP contribution in [0, 0.1) is 0 Å². The van der Waals surface area contributed by atoms with Crippen LogP contribution in [0.2, 0.25) is 0 Å². The highest BCUT2D eigenvalue weighted by molar-refractivity contribution is 5.86. The number of rotatable bonds is 2. The molecule has 1 saturated heterocycles. The van der Waals surface area contributed by atoms with Crippen LogP contribution in [0.5, 0.6) is 0 Å². The van der Waals surface area contributed by atoms with Crippen molar-refractivity contribution in [3.05, 3.63) is 35.9 Å². The van der Waals surface area contributed by atoms with Crippen molar-refractivity contribution in [3.63, 3.8) is 0 Å². The molecule has 5 heteroatoms. The smallest absolute Gasteiger partial charge is 0.408 e. The molecule has 0 aliphatic carbocycles. The van der Waals surface area contributed by atoms with Crippen LogP contribution in [0.1, 0.15) is 5.56 Å². The van der Waals surface area contributed by atoms with Gasteiger partial charge in [-0.3, -0.25) is 9.69 Å². The van der Waals surface area contributed by atoms with Gasteiger partial charge < -0.3 is 10.4 Å². The van der Waals surface area contributed by atoms with Gasteiger partial charge in [0, 0.05) is 19.5 Å². The summed E-state index contributed by atoms with van der Waals surface area (Å²) in [6.07, 6.45) is -0.625. The van der Waals surface area contributed by atoms with Crippen LogP contribution in [0.3, 0.4) is 0 Å². The van der Waals surface area contributed by atoms with Crippen LogP contribution >= 0.6 is 0 Å². The third kappa shape index (κ3) is 2.55. The van der Waals surface area contributed by atoms with Gasteiger partial charge in [0.15, 0.2) is 0 Å². The number of hydrogen-bond acceptors (Lipinski definition) is 2. The molecule has 0 aromatic heterocycles. The Morgan fingerprint density at radius 2 is 2.12 bits per heavy atom. The van der Waals surface area contributed by atoms with Crippen LogP contribution < -0.4 is 5.32 Å². The summed E-state index contributed by atoms with van der Waals surface area (Å²) in [6, 6.07) is 8.80. The van der Waals surface area contributed by atoms with Gasteiger partial charge >= 0.3 is 6.09 Å². The molecule has 1 aromatic carbocycles. The topological polar surface area (TPSA) is 69.6 Å². The van der Waals surface area contributed by atoms with E-state index in [1.54, 1.807) is 0 Å². The molecule has 1 heterocycles. The van der Waals surface area contributed by atoms with Crippen molar-refractivity contribution < 1.29 is 14.7 Å². The predicted octanol–water partition coefficient (Wildman–Crippen LogP) is 0.707. The van der Waals surface area contributed by atoms with Crippen LogP contribution in [0.25, 0.3) is 0 Å². The van der Waals surface area contributed by atoms with Crippen molar-refractivity contribution in [1.29, 1.82) is 0 Å². The van der Waals surface area contributed by atoms with Gasteiger partial charge in [0.05, 0.1) is 0 Å². The number of hydrogen-bond donors (Lipinski definition) is 2. The molecule has 2 rings (SSSR count). The van der Waals surface area contributed by atoms with Crippen molar-refractivity contribution >= 4 is 12.0 Å². The molecule has 90 valence electrons. The summed E-state index contributed by atoms with van der Waals surface area (Å²) in [7, 11) is 0. The van der Waals surface area contributed by atoms with Crippen LogP contribution in [-0.4, -0.2) is 41.1 Å². The summed E-state index contributed by atoms with van der Waals surface area (Å²) in [5.74, 6) is -0.220. The Kier molecular flexibility index (Phi) is 3.27. The lowest BCUT2D eigenvalue weighted by molar-refractivity contribution is -0.128. The van der Waals surface area contributed by atoms with Crippen LogP contribution in [-0.2, 0) is 11.2 Å². The molecule has 0 spiro atoms. The minimum Gasteiger partial charge on any atom is -0.465 e. The zero-order valence-electron chi connectivity index (χ0n) is 9.30. The lowest BCUT2D eigenvalue weighted by Crippen LogP contribution is -2.57. The maximum Gasteiger partial charge on any atom is 0.408 e. The van der Waals surface area contributed by atoms with E-state index in [0.29, 0.717) is 19.5 Å². The predicted molar refractivity (Wildman–Crippen MR) is 61.7 cm³/mol. The van der Waals surface area contributed by atoms with Crippen molar-refractivity contribution in [2.75, 3.05) is 13.1 Å². The summed E-state index contributed by atoms with van der Waals surface area (Å²) in [5, 5.41) is 11.7. The molecule has 1 aliphatic heterocycles. The van der Waals surface area contributed by atoms with Gasteiger partial charge in [-0.25, -0.2) is 4.79 Å². The molecule has 0 saturated carbocycles. The highest BCUT2D eigenvalue weighted by Gasteiger charge is 2.32. The van der Waals surface area contributed by atoms with Gasteiger partial charge in [-0.2, -0.15) is 0 Å². The Balaban J connectivity index is 2.15. The summed E-state index contributed by atoms with van der Waals surface area (Å²) in [6.45, 7) is 0.731. The van der Waals surface area contributed by atoms with E-state index >= 15 is 0 Å². The molecule has 1 aromatic rings. The molecule has 2 amide bonds. The SMILES string of the molecule is O=C1NCCN(C(=O)O)C1Cc1ccccc1. The monoisotopic (exact) mass is 234 g/mol. The maximum atomic E-state index is 11.7. The van der Waals surface area contributed by atoms with Gasteiger partial charge in [0.1, 0.15) is 6.04 Å². The number of carboxylic acid groups (broad SMARTS) is 1. The van der Waals surface area contributed by atoms with Crippen LogP contribution in [0.15, 0.2) is 30.3 Å². The fraction of sp³-hybridized carbons (Fsp3) is 0.333. The van der Waals surface area contributed by atoms with Gasteiger partial charge in [0.2, 0.25) is 5.91 Å².